The second kappa shape index (κ2) is 9.22. The fourth-order valence-corrected chi connectivity index (χ4v) is 2.46. The van der Waals surface area contributed by atoms with E-state index in [0.717, 1.165) is 39.3 Å². The largest absolute Gasteiger partial charge is 0.494 e. The molecule has 0 aliphatic carbocycles. The Bertz CT molecular complexity index is 482. The number of ether oxygens (including phenoxy) is 3. The lowest BCUT2D eigenvalue weighted by atomic mass is 10.2. The smallest absolute Gasteiger partial charge is 0.319 e. The van der Waals surface area contributed by atoms with Gasteiger partial charge in [-0.1, -0.05) is 6.07 Å². The Morgan fingerprint density at radius 1 is 1.22 bits per heavy atom. The van der Waals surface area contributed by atoms with Crippen LogP contribution >= 0.6 is 0 Å². The number of hydrogen-bond donors (Lipinski definition) is 2. The zero-order valence-corrected chi connectivity index (χ0v) is 13.8. The van der Waals surface area contributed by atoms with Gasteiger partial charge in [-0.25, -0.2) is 4.79 Å². The van der Waals surface area contributed by atoms with Crippen LogP contribution in [0.15, 0.2) is 18.2 Å². The number of benzene rings is 1. The van der Waals surface area contributed by atoms with E-state index in [2.05, 4.69) is 15.5 Å². The van der Waals surface area contributed by atoms with Crippen LogP contribution in [0.25, 0.3) is 0 Å². The van der Waals surface area contributed by atoms with Gasteiger partial charge in [0.05, 0.1) is 27.4 Å². The topological polar surface area (TPSA) is 72.1 Å². The molecular formula is C16H25N3O4. The number of carbonyl (C=O) groups is 1. The van der Waals surface area contributed by atoms with Gasteiger partial charge in [0.2, 0.25) is 0 Å². The Labute approximate surface area is 136 Å². The summed E-state index contributed by atoms with van der Waals surface area (Å²) in [6.45, 7) is 5.08. The molecule has 1 aliphatic rings. The number of morpholine rings is 1. The van der Waals surface area contributed by atoms with Crippen molar-refractivity contribution in [2.24, 2.45) is 0 Å². The summed E-state index contributed by atoms with van der Waals surface area (Å²) in [5.41, 5.74) is 0.531. The van der Waals surface area contributed by atoms with Crippen molar-refractivity contribution in [3.63, 3.8) is 0 Å². The lowest BCUT2D eigenvalue weighted by Gasteiger charge is -2.26. The third-order valence-corrected chi connectivity index (χ3v) is 3.71. The molecule has 7 heteroatoms. The van der Waals surface area contributed by atoms with Crippen LogP contribution in [0.1, 0.15) is 6.42 Å². The number of urea groups is 1. The number of nitrogens with one attached hydrogen (secondary N) is 2. The SMILES string of the molecule is COc1cccc(OC)c1NC(=O)NCCCN1CCOCC1. The summed E-state index contributed by atoms with van der Waals surface area (Å²) in [6.07, 6.45) is 0.899. The van der Waals surface area contributed by atoms with E-state index in [1.807, 2.05) is 6.07 Å². The molecule has 1 heterocycles. The van der Waals surface area contributed by atoms with Gasteiger partial charge in [0.25, 0.3) is 0 Å². The molecule has 2 amide bonds. The van der Waals surface area contributed by atoms with Gasteiger partial charge in [0.15, 0.2) is 0 Å². The molecule has 1 aliphatic heterocycles. The van der Waals surface area contributed by atoms with Crippen LogP contribution < -0.4 is 20.1 Å². The average Bonchev–Trinajstić information content (AvgIpc) is 2.60. The number of anilines is 1. The molecule has 1 fully saturated rings. The Kier molecular flexibility index (Phi) is 6.96. The predicted molar refractivity (Wildman–Crippen MR) is 88.4 cm³/mol. The number of carbonyl (C=O) groups excluding carboxylic acids is 1. The molecule has 23 heavy (non-hydrogen) atoms. The number of nitrogens with zero attached hydrogens (tertiary/aromatic N) is 1. The zero-order valence-electron chi connectivity index (χ0n) is 13.8. The zero-order chi connectivity index (χ0) is 16.5. The Morgan fingerprint density at radius 3 is 2.48 bits per heavy atom. The van der Waals surface area contributed by atoms with Crippen molar-refractivity contribution in [3.05, 3.63) is 18.2 Å². The maximum atomic E-state index is 12.0. The van der Waals surface area contributed by atoms with Crippen LogP contribution in [0.4, 0.5) is 10.5 Å². The predicted octanol–water partition coefficient (Wildman–Crippen LogP) is 1.55. The molecule has 2 N–H and O–H groups in total. The first-order valence-corrected chi connectivity index (χ1v) is 7.80. The van der Waals surface area contributed by atoms with Crippen LogP contribution in [-0.4, -0.2) is 64.5 Å². The fourth-order valence-electron chi connectivity index (χ4n) is 2.46. The molecule has 0 unspecified atom stereocenters. The summed E-state index contributed by atoms with van der Waals surface area (Å²) in [6, 6.07) is 5.09. The van der Waals surface area contributed by atoms with Crippen molar-refractivity contribution in [1.29, 1.82) is 0 Å². The molecule has 1 aromatic carbocycles. The van der Waals surface area contributed by atoms with Crippen molar-refractivity contribution in [3.8, 4) is 11.5 Å². The first-order valence-electron chi connectivity index (χ1n) is 7.80. The minimum atomic E-state index is -0.269. The van der Waals surface area contributed by atoms with E-state index in [1.165, 1.54) is 0 Å². The first kappa shape index (κ1) is 17.4. The quantitative estimate of drug-likeness (QED) is 0.745. The molecule has 0 bridgehead atoms. The monoisotopic (exact) mass is 323 g/mol. The second-order valence-electron chi connectivity index (χ2n) is 5.23. The summed E-state index contributed by atoms with van der Waals surface area (Å²) in [7, 11) is 3.11. The van der Waals surface area contributed by atoms with E-state index in [9.17, 15) is 4.79 Å². The van der Waals surface area contributed by atoms with E-state index in [4.69, 9.17) is 14.2 Å². The van der Waals surface area contributed by atoms with Crippen LogP contribution in [-0.2, 0) is 4.74 Å². The number of amides is 2. The number of rotatable bonds is 7. The van der Waals surface area contributed by atoms with E-state index in [0.29, 0.717) is 23.7 Å². The third-order valence-electron chi connectivity index (χ3n) is 3.71. The normalized spacial score (nSPS) is 15.0. The van der Waals surface area contributed by atoms with Gasteiger partial charge >= 0.3 is 6.03 Å². The summed E-state index contributed by atoms with van der Waals surface area (Å²) in [4.78, 5) is 14.4. The van der Waals surface area contributed by atoms with Crippen molar-refractivity contribution >= 4 is 11.7 Å². The van der Waals surface area contributed by atoms with Crippen LogP contribution in [0.2, 0.25) is 0 Å². The highest BCUT2D eigenvalue weighted by atomic mass is 16.5. The molecule has 2 rings (SSSR count). The fraction of sp³-hybridized carbons (Fsp3) is 0.562. The van der Waals surface area contributed by atoms with E-state index >= 15 is 0 Å². The van der Waals surface area contributed by atoms with Gasteiger partial charge < -0.3 is 24.8 Å². The molecule has 0 aromatic heterocycles. The van der Waals surface area contributed by atoms with Crippen LogP contribution in [0.5, 0.6) is 11.5 Å². The molecule has 0 atom stereocenters. The lowest BCUT2D eigenvalue weighted by Crippen LogP contribution is -2.38. The highest BCUT2D eigenvalue weighted by Crippen LogP contribution is 2.33. The van der Waals surface area contributed by atoms with E-state index < -0.39 is 0 Å². The number of hydrogen-bond acceptors (Lipinski definition) is 5. The van der Waals surface area contributed by atoms with Crippen molar-refractivity contribution in [1.82, 2.24) is 10.2 Å². The van der Waals surface area contributed by atoms with Gasteiger partial charge in [-0.15, -0.1) is 0 Å². The van der Waals surface area contributed by atoms with Crippen molar-refractivity contribution in [2.45, 2.75) is 6.42 Å². The molecule has 0 saturated carbocycles. The van der Waals surface area contributed by atoms with Crippen LogP contribution in [0, 0.1) is 0 Å². The van der Waals surface area contributed by atoms with Gasteiger partial charge in [-0.3, -0.25) is 4.90 Å². The average molecular weight is 323 g/mol. The second-order valence-corrected chi connectivity index (χ2v) is 5.23. The van der Waals surface area contributed by atoms with Crippen molar-refractivity contribution in [2.75, 3.05) is 58.9 Å². The summed E-state index contributed by atoms with van der Waals surface area (Å²) < 4.78 is 15.8. The van der Waals surface area contributed by atoms with Gasteiger partial charge in [0, 0.05) is 19.6 Å². The Hall–Kier alpha value is -1.99. The van der Waals surface area contributed by atoms with E-state index in [-0.39, 0.29) is 6.03 Å². The number of methoxy groups -OCH3 is 2. The minimum absolute atomic E-state index is 0.269. The first-order chi connectivity index (χ1) is 11.2. The van der Waals surface area contributed by atoms with Crippen molar-refractivity contribution < 1.29 is 19.0 Å². The molecule has 7 nitrogen and oxygen atoms in total. The maximum absolute atomic E-state index is 12.0. The molecule has 0 radical (unpaired) electrons. The Balaban J connectivity index is 1.76. The summed E-state index contributed by atoms with van der Waals surface area (Å²) in [5, 5.41) is 5.64. The number of para-hydroxylation sites is 1. The standard InChI is InChI=1S/C16H25N3O4/c1-21-13-5-3-6-14(22-2)15(13)18-16(20)17-7-4-8-19-9-11-23-12-10-19/h3,5-6H,4,7-12H2,1-2H3,(H2,17,18,20). The molecule has 1 aromatic rings. The molecule has 128 valence electrons. The molecular weight excluding hydrogens is 298 g/mol. The highest BCUT2D eigenvalue weighted by molar-refractivity contribution is 5.92. The molecule has 1 saturated heterocycles. The lowest BCUT2D eigenvalue weighted by molar-refractivity contribution is 0.0375. The summed E-state index contributed by atoms with van der Waals surface area (Å²) in [5.74, 6) is 1.13. The highest BCUT2D eigenvalue weighted by Gasteiger charge is 2.13. The van der Waals surface area contributed by atoms with Crippen LogP contribution in [0.3, 0.4) is 0 Å². The maximum Gasteiger partial charge on any atom is 0.319 e. The van der Waals surface area contributed by atoms with Gasteiger partial charge in [-0.2, -0.15) is 0 Å². The minimum Gasteiger partial charge on any atom is -0.494 e. The summed E-state index contributed by atoms with van der Waals surface area (Å²) >= 11 is 0. The van der Waals surface area contributed by atoms with Gasteiger partial charge in [0.1, 0.15) is 17.2 Å². The van der Waals surface area contributed by atoms with Gasteiger partial charge in [-0.05, 0) is 25.1 Å². The van der Waals surface area contributed by atoms with E-state index in [1.54, 1.807) is 26.4 Å². The Morgan fingerprint density at radius 2 is 1.87 bits per heavy atom. The molecule has 0 spiro atoms. The third kappa shape index (κ3) is 5.30.